The molecule has 0 radical (unpaired) electrons. The molecule has 2 aromatic carbocycles. The fraction of sp³-hybridized carbons (Fsp3) is 0.435. The maximum atomic E-state index is 13.0. The molecule has 1 saturated heterocycles. The predicted molar refractivity (Wildman–Crippen MR) is 118 cm³/mol. The number of halogens is 1. The molecule has 0 bridgehead atoms. The van der Waals surface area contributed by atoms with Gasteiger partial charge >= 0.3 is 0 Å². The van der Waals surface area contributed by atoms with Gasteiger partial charge in [-0.15, -0.1) is 0 Å². The average Bonchev–Trinajstić information content (AvgIpc) is 2.77. The summed E-state index contributed by atoms with van der Waals surface area (Å²) in [7, 11) is 3.28. The van der Waals surface area contributed by atoms with Gasteiger partial charge in [0.25, 0.3) is 0 Å². The Morgan fingerprint density at radius 1 is 1.13 bits per heavy atom. The third-order valence-corrected chi connectivity index (χ3v) is 6.29. The molecule has 0 N–H and O–H groups in total. The fourth-order valence-corrected chi connectivity index (χ4v) is 4.56. The molecule has 0 aromatic heterocycles. The summed E-state index contributed by atoms with van der Waals surface area (Å²) < 4.78 is 17.8. The van der Waals surface area contributed by atoms with Gasteiger partial charge in [0.1, 0.15) is 0 Å². The summed E-state index contributed by atoms with van der Waals surface area (Å²) in [5.74, 6) is 1.60. The highest BCUT2D eigenvalue weighted by atomic mass is 79.9. The molecule has 1 fully saturated rings. The number of benzene rings is 2. The van der Waals surface area contributed by atoms with Gasteiger partial charge in [-0.25, -0.2) is 0 Å². The Kier molecular flexibility index (Phi) is 6.61. The van der Waals surface area contributed by atoms with E-state index in [0.717, 1.165) is 47.4 Å². The highest BCUT2D eigenvalue weighted by Crippen LogP contribution is 2.33. The zero-order valence-electron chi connectivity index (χ0n) is 17.4. The first-order valence-corrected chi connectivity index (χ1v) is 11.0. The normalized spacial score (nSPS) is 19.3. The van der Waals surface area contributed by atoms with E-state index in [-0.39, 0.29) is 12.0 Å². The van der Waals surface area contributed by atoms with E-state index in [1.54, 1.807) is 14.2 Å². The van der Waals surface area contributed by atoms with Gasteiger partial charge in [-0.2, -0.15) is 0 Å². The van der Waals surface area contributed by atoms with Gasteiger partial charge in [0.15, 0.2) is 11.5 Å². The lowest BCUT2D eigenvalue weighted by Crippen LogP contribution is -2.46. The summed E-state index contributed by atoms with van der Waals surface area (Å²) in [6.45, 7) is 3.86. The minimum Gasteiger partial charge on any atom is -0.493 e. The lowest BCUT2D eigenvalue weighted by atomic mass is 9.98. The second-order valence-electron chi connectivity index (χ2n) is 7.69. The molecule has 2 aliphatic rings. The summed E-state index contributed by atoms with van der Waals surface area (Å²) in [5, 5.41) is 0. The number of rotatable bonds is 5. The van der Waals surface area contributed by atoms with Crippen molar-refractivity contribution in [3.8, 4) is 11.5 Å². The van der Waals surface area contributed by atoms with Crippen LogP contribution in [0.2, 0.25) is 0 Å². The SMILES string of the molecule is COc1cc2c(cc1OC)CN(C(=O)CN1CCOC(c3cccc(Br)c3)C1)CC2. The van der Waals surface area contributed by atoms with Crippen molar-refractivity contribution in [3.05, 3.63) is 57.6 Å². The van der Waals surface area contributed by atoms with Crippen LogP contribution in [0.25, 0.3) is 0 Å². The van der Waals surface area contributed by atoms with E-state index in [2.05, 4.69) is 33.0 Å². The van der Waals surface area contributed by atoms with Crippen LogP contribution in [0.15, 0.2) is 40.9 Å². The van der Waals surface area contributed by atoms with Crippen molar-refractivity contribution in [1.29, 1.82) is 0 Å². The third kappa shape index (κ3) is 4.63. The molecule has 0 aliphatic carbocycles. The Bertz CT molecular complexity index is 920. The second-order valence-corrected chi connectivity index (χ2v) is 8.61. The number of carbonyl (C=O) groups is 1. The van der Waals surface area contributed by atoms with E-state index in [0.29, 0.717) is 25.4 Å². The minimum atomic E-state index is -0.0112. The zero-order chi connectivity index (χ0) is 21.1. The topological polar surface area (TPSA) is 51.2 Å². The van der Waals surface area contributed by atoms with Crippen LogP contribution in [-0.4, -0.2) is 62.7 Å². The van der Waals surface area contributed by atoms with Crippen molar-refractivity contribution in [2.24, 2.45) is 0 Å². The summed E-state index contributed by atoms with van der Waals surface area (Å²) in [6, 6.07) is 12.2. The number of nitrogens with zero attached hydrogens (tertiary/aromatic N) is 2. The van der Waals surface area contributed by atoms with Crippen LogP contribution in [0, 0.1) is 0 Å². The summed E-state index contributed by atoms with van der Waals surface area (Å²) in [5.41, 5.74) is 3.48. The maximum absolute atomic E-state index is 13.0. The van der Waals surface area contributed by atoms with Crippen molar-refractivity contribution in [2.45, 2.75) is 19.1 Å². The Morgan fingerprint density at radius 3 is 2.63 bits per heavy atom. The molecule has 1 atom stereocenters. The largest absolute Gasteiger partial charge is 0.493 e. The van der Waals surface area contributed by atoms with Crippen LogP contribution in [0.1, 0.15) is 22.8 Å². The number of fused-ring (bicyclic) bond motifs is 1. The van der Waals surface area contributed by atoms with Crippen LogP contribution in [0.4, 0.5) is 0 Å². The molecule has 6 nitrogen and oxygen atoms in total. The third-order valence-electron chi connectivity index (χ3n) is 5.80. The number of ether oxygens (including phenoxy) is 3. The molecule has 2 heterocycles. The molecular weight excluding hydrogens is 448 g/mol. The molecule has 160 valence electrons. The molecular formula is C23H27BrN2O4. The van der Waals surface area contributed by atoms with E-state index in [1.807, 2.05) is 29.2 Å². The predicted octanol–water partition coefficient (Wildman–Crippen LogP) is 3.42. The first kappa shape index (κ1) is 21.2. The van der Waals surface area contributed by atoms with Crippen LogP contribution in [0.3, 0.4) is 0 Å². The first-order valence-electron chi connectivity index (χ1n) is 10.2. The standard InChI is InChI=1S/C23H27BrN2O4/c1-28-20-11-16-6-7-26(13-18(16)12-21(20)29-2)23(27)15-25-8-9-30-22(14-25)17-4-3-5-19(24)10-17/h3-5,10-12,22H,6-9,13-15H2,1-2H3. The Labute approximate surface area is 185 Å². The monoisotopic (exact) mass is 474 g/mol. The highest BCUT2D eigenvalue weighted by Gasteiger charge is 2.27. The van der Waals surface area contributed by atoms with E-state index in [9.17, 15) is 4.79 Å². The number of amides is 1. The summed E-state index contributed by atoms with van der Waals surface area (Å²) in [6.07, 6.45) is 0.813. The molecule has 1 amide bonds. The smallest absolute Gasteiger partial charge is 0.237 e. The van der Waals surface area contributed by atoms with Crippen molar-refractivity contribution in [1.82, 2.24) is 9.80 Å². The van der Waals surface area contributed by atoms with Gasteiger partial charge in [-0.1, -0.05) is 28.1 Å². The number of hydrogen-bond acceptors (Lipinski definition) is 5. The summed E-state index contributed by atoms with van der Waals surface area (Å²) in [4.78, 5) is 17.2. The van der Waals surface area contributed by atoms with E-state index in [1.165, 1.54) is 5.56 Å². The Hall–Kier alpha value is -2.09. The molecule has 4 rings (SSSR count). The number of carbonyl (C=O) groups excluding carboxylic acids is 1. The quantitative estimate of drug-likeness (QED) is 0.664. The van der Waals surface area contributed by atoms with Crippen LogP contribution < -0.4 is 9.47 Å². The zero-order valence-corrected chi connectivity index (χ0v) is 19.0. The molecule has 0 spiro atoms. The van der Waals surface area contributed by atoms with Crippen molar-refractivity contribution in [2.75, 3.05) is 47.0 Å². The fourth-order valence-electron chi connectivity index (χ4n) is 4.14. The van der Waals surface area contributed by atoms with Crippen LogP contribution in [-0.2, 0) is 22.5 Å². The lowest BCUT2D eigenvalue weighted by Gasteiger charge is -2.35. The minimum absolute atomic E-state index is 0.0112. The van der Waals surface area contributed by atoms with Gasteiger partial charge in [0.2, 0.25) is 5.91 Å². The Morgan fingerprint density at radius 2 is 1.90 bits per heavy atom. The van der Waals surface area contributed by atoms with E-state index in [4.69, 9.17) is 14.2 Å². The molecule has 2 aromatic rings. The maximum Gasteiger partial charge on any atom is 0.237 e. The van der Waals surface area contributed by atoms with Gasteiger partial charge in [0.05, 0.1) is 33.5 Å². The highest BCUT2D eigenvalue weighted by molar-refractivity contribution is 9.10. The molecule has 1 unspecified atom stereocenters. The molecule has 7 heteroatoms. The van der Waals surface area contributed by atoms with Gasteiger partial charge < -0.3 is 19.1 Å². The van der Waals surface area contributed by atoms with Crippen molar-refractivity contribution >= 4 is 21.8 Å². The molecule has 0 saturated carbocycles. The summed E-state index contributed by atoms with van der Waals surface area (Å²) >= 11 is 3.52. The number of methoxy groups -OCH3 is 2. The second kappa shape index (κ2) is 9.37. The van der Waals surface area contributed by atoms with Crippen molar-refractivity contribution < 1.29 is 19.0 Å². The van der Waals surface area contributed by atoms with E-state index >= 15 is 0 Å². The van der Waals surface area contributed by atoms with Gasteiger partial charge in [0, 0.05) is 30.7 Å². The van der Waals surface area contributed by atoms with Crippen molar-refractivity contribution in [3.63, 3.8) is 0 Å². The van der Waals surface area contributed by atoms with Gasteiger partial charge in [-0.3, -0.25) is 9.69 Å². The van der Waals surface area contributed by atoms with Crippen LogP contribution in [0.5, 0.6) is 11.5 Å². The van der Waals surface area contributed by atoms with E-state index < -0.39 is 0 Å². The average molecular weight is 475 g/mol. The number of hydrogen-bond donors (Lipinski definition) is 0. The molecule has 30 heavy (non-hydrogen) atoms. The number of morpholine rings is 1. The molecule has 2 aliphatic heterocycles. The van der Waals surface area contributed by atoms with Gasteiger partial charge in [-0.05, 0) is 47.4 Å². The Balaban J connectivity index is 1.39. The first-order chi connectivity index (χ1) is 14.6. The lowest BCUT2D eigenvalue weighted by molar-refractivity contribution is -0.135. The van der Waals surface area contributed by atoms with Crippen LogP contribution >= 0.6 is 15.9 Å².